The molecule has 0 spiro atoms. The van der Waals surface area contributed by atoms with E-state index in [0.29, 0.717) is 0 Å². The fourth-order valence-electron chi connectivity index (χ4n) is 1.99. The van der Waals surface area contributed by atoms with Gasteiger partial charge in [-0.2, -0.15) is 0 Å². The lowest BCUT2D eigenvalue weighted by atomic mass is 10.1. The number of unbranched alkanes of at least 4 members (excludes halogenated alkanes) is 5. The Labute approximate surface area is 106 Å². The number of hydrogen-bond acceptors (Lipinski definition) is 2. The summed E-state index contributed by atoms with van der Waals surface area (Å²) >= 11 is 0. The van der Waals surface area contributed by atoms with Gasteiger partial charge in [-0.25, -0.2) is 5.01 Å². The third kappa shape index (κ3) is 7.14. The lowest BCUT2D eigenvalue weighted by Crippen LogP contribution is -2.31. The van der Waals surface area contributed by atoms with E-state index in [0.717, 1.165) is 13.1 Å². The monoisotopic (exact) mass is 234 g/mol. The highest BCUT2D eigenvalue weighted by Gasteiger charge is 1.99. The van der Waals surface area contributed by atoms with Crippen LogP contribution in [0.1, 0.15) is 51.0 Å². The second kappa shape index (κ2) is 9.20. The van der Waals surface area contributed by atoms with Gasteiger partial charge in [-0.05, 0) is 12.0 Å². The minimum Gasteiger partial charge on any atom is -0.268 e. The van der Waals surface area contributed by atoms with Crippen molar-refractivity contribution in [3.05, 3.63) is 35.9 Å². The Morgan fingerprint density at radius 1 is 0.941 bits per heavy atom. The first-order chi connectivity index (χ1) is 8.33. The average molecular weight is 234 g/mol. The van der Waals surface area contributed by atoms with Crippen LogP contribution in [-0.4, -0.2) is 11.6 Å². The molecule has 0 amide bonds. The zero-order chi connectivity index (χ0) is 12.3. The van der Waals surface area contributed by atoms with Crippen LogP contribution < -0.4 is 5.84 Å². The van der Waals surface area contributed by atoms with Crippen molar-refractivity contribution in [1.29, 1.82) is 0 Å². The molecule has 0 aromatic heterocycles. The summed E-state index contributed by atoms with van der Waals surface area (Å²) in [6.07, 6.45) is 7.94. The summed E-state index contributed by atoms with van der Waals surface area (Å²) in [6, 6.07) is 10.4. The summed E-state index contributed by atoms with van der Waals surface area (Å²) in [7, 11) is 0. The molecule has 0 fully saturated rings. The van der Waals surface area contributed by atoms with Gasteiger partial charge >= 0.3 is 0 Å². The molecule has 2 N–H and O–H groups in total. The smallest absolute Gasteiger partial charge is 0.0379 e. The fraction of sp³-hybridized carbons (Fsp3) is 0.600. The molecule has 1 aromatic rings. The van der Waals surface area contributed by atoms with E-state index in [4.69, 9.17) is 5.84 Å². The van der Waals surface area contributed by atoms with Crippen molar-refractivity contribution in [2.24, 2.45) is 5.84 Å². The first kappa shape index (κ1) is 14.2. The van der Waals surface area contributed by atoms with Crippen molar-refractivity contribution in [3.63, 3.8) is 0 Å². The molecule has 0 radical (unpaired) electrons. The first-order valence-electron chi connectivity index (χ1n) is 6.86. The van der Waals surface area contributed by atoms with E-state index in [1.807, 2.05) is 11.1 Å². The van der Waals surface area contributed by atoms with E-state index in [9.17, 15) is 0 Å². The van der Waals surface area contributed by atoms with Gasteiger partial charge in [-0.3, -0.25) is 5.84 Å². The molecule has 0 aliphatic carbocycles. The van der Waals surface area contributed by atoms with Gasteiger partial charge in [0.25, 0.3) is 0 Å². The summed E-state index contributed by atoms with van der Waals surface area (Å²) in [4.78, 5) is 0. The Balaban J connectivity index is 2.03. The number of hydrazine groups is 1. The molecule has 2 nitrogen and oxygen atoms in total. The van der Waals surface area contributed by atoms with Gasteiger partial charge in [-0.1, -0.05) is 69.4 Å². The van der Waals surface area contributed by atoms with Crippen LogP contribution in [0.25, 0.3) is 0 Å². The van der Waals surface area contributed by atoms with Crippen molar-refractivity contribution in [1.82, 2.24) is 5.01 Å². The molecule has 1 aromatic carbocycles. The molecule has 0 aliphatic heterocycles. The van der Waals surface area contributed by atoms with Gasteiger partial charge in [0.05, 0.1) is 0 Å². The van der Waals surface area contributed by atoms with Crippen molar-refractivity contribution >= 4 is 0 Å². The maximum absolute atomic E-state index is 5.98. The molecule has 0 unspecified atom stereocenters. The van der Waals surface area contributed by atoms with Crippen LogP contribution in [0.2, 0.25) is 0 Å². The van der Waals surface area contributed by atoms with Crippen LogP contribution in [-0.2, 0) is 6.54 Å². The Morgan fingerprint density at radius 2 is 1.59 bits per heavy atom. The van der Waals surface area contributed by atoms with Gasteiger partial charge in [0.2, 0.25) is 0 Å². The summed E-state index contributed by atoms with van der Waals surface area (Å²) in [6.45, 7) is 4.11. The van der Waals surface area contributed by atoms with E-state index >= 15 is 0 Å². The summed E-state index contributed by atoms with van der Waals surface area (Å²) < 4.78 is 0. The van der Waals surface area contributed by atoms with Crippen molar-refractivity contribution < 1.29 is 0 Å². The SMILES string of the molecule is CCCCCCCCN(N)Cc1ccccc1. The number of rotatable bonds is 9. The van der Waals surface area contributed by atoms with Crippen LogP contribution >= 0.6 is 0 Å². The number of benzene rings is 1. The Bertz CT molecular complexity index is 272. The maximum Gasteiger partial charge on any atom is 0.0379 e. The standard InChI is InChI=1S/C15H26N2/c1-2-3-4-5-6-10-13-17(16)14-15-11-8-7-9-12-15/h7-9,11-12H,2-6,10,13-14,16H2,1H3. The van der Waals surface area contributed by atoms with Crippen LogP contribution in [0.3, 0.4) is 0 Å². The molecule has 1 rings (SSSR count). The Morgan fingerprint density at radius 3 is 2.29 bits per heavy atom. The highest BCUT2D eigenvalue weighted by Crippen LogP contribution is 2.06. The highest BCUT2D eigenvalue weighted by molar-refractivity contribution is 5.14. The minimum atomic E-state index is 0.857. The molecule has 2 heteroatoms. The predicted molar refractivity (Wildman–Crippen MR) is 74.4 cm³/mol. The first-order valence-corrected chi connectivity index (χ1v) is 6.86. The van der Waals surface area contributed by atoms with Gasteiger partial charge in [0, 0.05) is 13.1 Å². The predicted octanol–water partition coefficient (Wildman–Crippen LogP) is 3.72. The number of nitrogens with two attached hydrogens (primary N) is 1. The third-order valence-electron chi connectivity index (χ3n) is 3.03. The molecular weight excluding hydrogens is 208 g/mol. The number of nitrogens with zero attached hydrogens (tertiary/aromatic N) is 1. The van der Waals surface area contributed by atoms with E-state index in [1.54, 1.807) is 0 Å². The zero-order valence-corrected chi connectivity index (χ0v) is 11.1. The quantitative estimate of drug-likeness (QED) is 0.401. The highest BCUT2D eigenvalue weighted by atomic mass is 15.4. The Kier molecular flexibility index (Phi) is 7.69. The molecule has 0 saturated carbocycles. The number of hydrogen-bond donors (Lipinski definition) is 1. The largest absolute Gasteiger partial charge is 0.268 e. The van der Waals surface area contributed by atoms with E-state index in [1.165, 1.54) is 44.1 Å². The van der Waals surface area contributed by atoms with E-state index < -0.39 is 0 Å². The fourth-order valence-corrected chi connectivity index (χ4v) is 1.99. The molecule has 0 aliphatic rings. The van der Waals surface area contributed by atoms with E-state index in [2.05, 4.69) is 31.2 Å². The molecule has 0 bridgehead atoms. The second-order valence-corrected chi connectivity index (χ2v) is 4.72. The van der Waals surface area contributed by atoms with Crippen LogP contribution in [0.5, 0.6) is 0 Å². The maximum atomic E-state index is 5.98. The summed E-state index contributed by atoms with van der Waals surface area (Å²) in [5.74, 6) is 5.98. The van der Waals surface area contributed by atoms with Gasteiger partial charge < -0.3 is 0 Å². The van der Waals surface area contributed by atoms with Crippen LogP contribution in [0.15, 0.2) is 30.3 Å². The molecule has 17 heavy (non-hydrogen) atoms. The topological polar surface area (TPSA) is 29.3 Å². The lowest BCUT2D eigenvalue weighted by Gasteiger charge is -2.16. The summed E-state index contributed by atoms with van der Waals surface area (Å²) in [5.41, 5.74) is 1.29. The van der Waals surface area contributed by atoms with Gasteiger partial charge in [0.1, 0.15) is 0 Å². The lowest BCUT2D eigenvalue weighted by molar-refractivity contribution is 0.267. The van der Waals surface area contributed by atoms with Crippen LogP contribution in [0.4, 0.5) is 0 Å². The van der Waals surface area contributed by atoms with Crippen molar-refractivity contribution in [2.75, 3.05) is 6.54 Å². The van der Waals surface area contributed by atoms with E-state index in [-0.39, 0.29) is 0 Å². The van der Waals surface area contributed by atoms with Crippen molar-refractivity contribution in [2.45, 2.75) is 52.0 Å². The molecular formula is C15H26N2. The average Bonchev–Trinajstić information content (AvgIpc) is 2.35. The third-order valence-corrected chi connectivity index (χ3v) is 3.03. The molecule has 96 valence electrons. The molecule has 0 saturated heterocycles. The molecule has 0 heterocycles. The molecule has 0 atom stereocenters. The second-order valence-electron chi connectivity index (χ2n) is 4.72. The normalized spacial score (nSPS) is 11.0. The summed E-state index contributed by atoms with van der Waals surface area (Å²) in [5, 5.41) is 1.93. The Hall–Kier alpha value is -0.860. The van der Waals surface area contributed by atoms with Crippen LogP contribution in [0, 0.1) is 0 Å². The van der Waals surface area contributed by atoms with Gasteiger partial charge in [-0.15, -0.1) is 0 Å². The minimum absolute atomic E-state index is 0.857. The van der Waals surface area contributed by atoms with Crippen molar-refractivity contribution in [3.8, 4) is 0 Å². The van der Waals surface area contributed by atoms with Gasteiger partial charge in [0.15, 0.2) is 0 Å². The zero-order valence-electron chi connectivity index (χ0n) is 11.1.